The molecule has 0 spiro atoms. The molecule has 0 aliphatic carbocycles. The van der Waals surface area contributed by atoms with Crippen LogP contribution in [0.2, 0.25) is 0 Å². The summed E-state index contributed by atoms with van der Waals surface area (Å²) < 4.78 is 5.12. The maximum absolute atomic E-state index is 9.59. The minimum absolute atomic E-state index is 0.164. The Morgan fingerprint density at radius 2 is 2.15 bits per heavy atom. The first-order valence-corrected chi connectivity index (χ1v) is 6.71. The number of methoxy groups -OCH3 is 1. The Bertz CT molecular complexity index is 543. The molecule has 0 bridgehead atoms. The molecule has 1 aromatic heterocycles. The van der Waals surface area contributed by atoms with E-state index in [9.17, 15) is 5.11 Å². The maximum Gasteiger partial charge on any atom is 0.160 e. The zero-order valence-corrected chi connectivity index (χ0v) is 11.8. The van der Waals surface area contributed by atoms with Gasteiger partial charge in [0.1, 0.15) is 0 Å². The third-order valence-electron chi connectivity index (χ3n) is 3.26. The smallest absolute Gasteiger partial charge is 0.160 e. The fourth-order valence-electron chi connectivity index (χ4n) is 2.04. The van der Waals surface area contributed by atoms with E-state index in [0.717, 1.165) is 24.2 Å². The first-order chi connectivity index (χ1) is 9.70. The molecule has 1 aromatic carbocycles. The van der Waals surface area contributed by atoms with Crippen LogP contribution >= 0.6 is 0 Å². The van der Waals surface area contributed by atoms with Crippen LogP contribution in [0.4, 0.5) is 0 Å². The lowest BCUT2D eigenvalue weighted by Gasteiger charge is -2.15. The molecular formula is C16H20N2O2. The minimum Gasteiger partial charge on any atom is -0.504 e. The molecule has 1 atom stereocenters. The first kappa shape index (κ1) is 14.3. The lowest BCUT2D eigenvalue weighted by atomic mass is 10.1. The Labute approximate surface area is 119 Å². The highest BCUT2D eigenvalue weighted by molar-refractivity contribution is 5.42. The van der Waals surface area contributed by atoms with Crippen molar-refractivity contribution < 1.29 is 9.84 Å². The van der Waals surface area contributed by atoms with Crippen LogP contribution in [0, 0.1) is 0 Å². The van der Waals surface area contributed by atoms with E-state index in [1.54, 1.807) is 13.2 Å². The SMILES string of the molecule is COc1cc(C(C)NCCc2ccccn2)ccc1O. The predicted octanol–water partition coefficient (Wildman–Crippen LogP) is 2.69. The zero-order valence-electron chi connectivity index (χ0n) is 11.8. The molecular weight excluding hydrogens is 252 g/mol. The molecule has 4 nitrogen and oxygen atoms in total. The van der Waals surface area contributed by atoms with E-state index in [1.807, 2.05) is 36.5 Å². The van der Waals surface area contributed by atoms with Crippen molar-refractivity contribution in [2.24, 2.45) is 0 Å². The summed E-state index contributed by atoms with van der Waals surface area (Å²) in [5.41, 5.74) is 2.16. The topological polar surface area (TPSA) is 54.4 Å². The molecule has 2 N–H and O–H groups in total. The summed E-state index contributed by atoms with van der Waals surface area (Å²) >= 11 is 0. The Morgan fingerprint density at radius 1 is 1.30 bits per heavy atom. The number of aromatic hydroxyl groups is 1. The number of hydrogen-bond donors (Lipinski definition) is 2. The number of pyridine rings is 1. The maximum atomic E-state index is 9.59. The molecule has 1 unspecified atom stereocenters. The van der Waals surface area contributed by atoms with E-state index in [4.69, 9.17) is 4.74 Å². The van der Waals surface area contributed by atoms with Crippen molar-refractivity contribution in [2.75, 3.05) is 13.7 Å². The Kier molecular flexibility index (Phi) is 4.96. The summed E-state index contributed by atoms with van der Waals surface area (Å²) in [4.78, 5) is 4.29. The molecule has 20 heavy (non-hydrogen) atoms. The highest BCUT2D eigenvalue weighted by Gasteiger charge is 2.08. The quantitative estimate of drug-likeness (QED) is 0.849. The molecule has 0 radical (unpaired) electrons. The largest absolute Gasteiger partial charge is 0.504 e. The monoisotopic (exact) mass is 272 g/mol. The van der Waals surface area contributed by atoms with Crippen LogP contribution in [0.5, 0.6) is 11.5 Å². The van der Waals surface area contributed by atoms with E-state index >= 15 is 0 Å². The normalized spacial score (nSPS) is 12.1. The van der Waals surface area contributed by atoms with Crippen molar-refractivity contribution in [3.63, 3.8) is 0 Å². The summed E-state index contributed by atoms with van der Waals surface area (Å²) in [6, 6.07) is 11.5. The molecule has 2 aromatic rings. The number of nitrogens with one attached hydrogen (secondary N) is 1. The van der Waals surface area contributed by atoms with Gasteiger partial charge in [-0.25, -0.2) is 0 Å². The highest BCUT2D eigenvalue weighted by atomic mass is 16.5. The predicted molar refractivity (Wildman–Crippen MR) is 79.0 cm³/mol. The molecule has 0 aliphatic heterocycles. The van der Waals surface area contributed by atoms with E-state index in [1.165, 1.54) is 0 Å². The average molecular weight is 272 g/mol. The van der Waals surface area contributed by atoms with Gasteiger partial charge >= 0.3 is 0 Å². The first-order valence-electron chi connectivity index (χ1n) is 6.71. The van der Waals surface area contributed by atoms with Gasteiger partial charge in [0.05, 0.1) is 7.11 Å². The molecule has 0 saturated carbocycles. The summed E-state index contributed by atoms with van der Waals surface area (Å²) in [6.07, 6.45) is 2.70. The molecule has 2 rings (SSSR count). The van der Waals surface area contributed by atoms with Crippen LogP contribution in [0.15, 0.2) is 42.6 Å². The average Bonchev–Trinajstić information content (AvgIpc) is 2.48. The van der Waals surface area contributed by atoms with Crippen LogP contribution in [-0.2, 0) is 6.42 Å². The van der Waals surface area contributed by atoms with Crippen LogP contribution in [-0.4, -0.2) is 23.7 Å². The molecule has 0 saturated heterocycles. The number of aromatic nitrogens is 1. The van der Waals surface area contributed by atoms with Gasteiger partial charge in [0, 0.05) is 30.9 Å². The van der Waals surface area contributed by atoms with Gasteiger partial charge in [-0.2, -0.15) is 0 Å². The van der Waals surface area contributed by atoms with E-state index < -0.39 is 0 Å². The van der Waals surface area contributed by atoms with Crippen molar-refractivity contribution >= 4 is 0 Å². The third-order valence-corrected chi connectivity index (χ3v) is 3.26. The zero-order chi connectivity index (χ0) is 14.4. The van der Waals surface area contributed by atoms with Crippen LogP contribution in [0.25, 0.3) is 0 Å². The second-order valence-electron chi connectivity index (χ2n) is 4.68. The number of ether oxygens (including phenoxy) is 1. The van der Waals surface area contributed by atoms with Gasteiger partial charge in [-0.15, -0.1) is 0 Å². The lowest BCUT2D eigenvalue weighted by Crippen LogP contribution is -2.21. The molecule has 1 heterocycles. The fraction of sp³-hybridized carbons (Fsp3) is 0.312. The van der Waals surface area contributed by atoms with Gasteiger partial charge in [-0.1, -0.05) is 12.1 Å². The lowest BCUT2D eigenvalue weighted by molar-refractivity contribution is 0.372. The second-order valence-corrected chi connectivity index (χ2v) is 4.68. The van der Waals surface area contributed by atoms with Crippen molar-refractivity contribution in [3.8, 4) is 11.5 Å². The Hall–Kier alpha value is -2.07. The van der Waals surface area contributed by atoms with Gasteiger partial charge in [0.25, 0.3) is 0 Å². The van der Waals surface area contributed by atoms with Crippen molar-refractivity contribution in [3.05, 3.63) is 53.9 Å². The fourth-order valence-corrected chi connectivity index (χ4v) is 2.04. The number of hydrogen-bond acceptors (Lipinski definition) is 4. The van der Waals surface area contributed by atoms with Crippen molar-refractivity contribution in [2.45, 2.75) is 19.4 Å². The molecule has 106 valence electrons. The number of rotatable bonds is 6. The molecule has 0 fully saturated rings. The summed E-state index contributed by atoms with van der Waals surface area (Å²) in [7, 11) is 1.55. The summed E-state index contributed by atoms with van der Waals surface area (Å²) in [5, 5.41) is 13.0. The molecule has 0 aliphatic rings. The van der Waals surface area contributed by atoms with Gasteiger partial charge < -0.3 is 15.2 Å². The molecule has 0 amide bonds. The highest BCUT2D eigenvalue weighted by Crippen LogP contribution is 2.28. The van der Waals surface area contributed by atoms with Gasteiger partial charge in [-0.05, 0) is 36.8 Å². The van der Waals surface area contributed by atoms with E-state index in [2.05, 4.69) is 17.2 Å². The van der Waals surface area contributed by atoms with Crippen LogP contribution in [0.3, 0.4) is 0 Å². The number of nitrogens with zero attached hydrogens (tertiary/aromatic N) is 1. The van der Waals surface area contributed by atoms with Gasteiger partial charge in [0.15, 0.2) is 11.5 Å². The Balaban J connectivity index is 1.90. The summed E-state index contributed by atoms with van der Waals surface area (Å²) in [6.45, 7) is 2.94. The van der Waals surface area contributed by atoms with Crippen LogP contribution in [0.1, 0.15) is 24.2 Å². The second kappa shape index (κ2) is 6.91. The van der Waals surface area contributed by atoms with Crippen LogP contribution < -0.4 is 10.1 Å². The van der Waals surface area contributed by atoms with Gasteiger partial charge in [-0.3, -0.25) is 4.98 Å². The summed E-state index contributed by atoms with van der Waals surface area (Å²) in [5.74, 6) is 0.665. The van der Waals surface area contributed by atoms with E-state index in [0.29, 0.717) is 5.75 Å². The third kappa shape index (κ3) is 3.71. The minimum atomic E-state index is 0.164. The van der Waals surface area contributed by atoms with E-state index in [-0.39, 0.29) is 11.8 Å². The number of phenolic OH excluding ortho intramolecular Hbond substituents is 1. The molecule has 4 heteroatoms. The Morgan fingerprint density at radius 3 is 2.85 bits per heavy atom. The van der Waals surface area contributed by atoms with Crippen molar-refractivity contribution in [1.82, 2.24) is 10.3 Å². The number of phenols is 1. The van der Waals surface area contributed by atoms with Crippen molar-refractivity contribution in [1.29, 1.82) is 0 Å². The number of benzene rings is 1. The standard InChI is InChI=1S/C16H20N2O2/c1-12(13-6-7-15(19)16(11-13)20-2)17-10-8-14-5-3-4-9-18-14/h3-7,9,11-12,17,19H,8,10H2,1-2H3. The van der Waals surface area contributed by atoms with Gasteiger partial charge in [0.2, 0.25) is 0 Å².